The van der Waals surface area contributed by atoms with E-state index in [2.05, 4.69) is 5.32 Å². The van der Waals surface area contributed by atoms with Gasteiger partial charge in [-0.05, 0) is 0 Å². The summed E-state index contributed by atoms with van der Waals surface area (Å²) < 4.78 is 25.0. The Morgan fingerprint density at radius 3 is 2.04 bits per heavy atom. The molecule has 2 amide bonds. The topological polar surface area (TPSA) is 130 Å². The molecule has 0 saturated carbocycles. The van der Waals surface area contributed by atoms with Crippen molar-refractivity contribution < 1.29 is 37.9 Å². The van der Waals surface area contributed by atoms with Crippen molar-refractivity contribution >= 4 is 29.4 Å². The number of carboxylic acids is 1. The fraction of sp³-hybridized carbons (Fsp3) is 0.615. The second kappa shape index (κ2) is 9.59. The van der Waals surface area contributed by atoms with Crippen LogP contribution in [-0.4, -0.2) is 59.9 Å². The maximum atomic E-state index is 12.7. The fourth-order valence-corrected chi connectivity index (χ4v) is 1.68. The van der Waals surface area contributed by atoms with Gasteiger partial charge < -0.3 is 15.7 Å². The summed E-state index contributed by atoms with van der Waals surface area (Å²) in [6.07, 6.45) is -0.951. The van der Waals surface area contributed by atoms with E-state index in [1.165, 1.54) is 6.92 Å². The predicted molar refractivity (Wildman–Crippen MR) is 72.9 cm³/mol. The van der Waals surface area contributed by atoms with Crippen LogP contribution < -0.4 is 10.6 Å². The zero-order valence-corrected chi connectivity index (χ0v) is 12.6. The summed E-state index contributed by atoms with van der Waals surface area (Å²) in [7, 11) is 0. The minimum Gasteiger partial charge on any atom is -0.481 e. The molecule has 3 unspecified atom stereocenters. The van der Waals surface area contributed by atoms with Crippen molar-refractivity contribution in [1.82, 2.24) is 10.6 Å². The fourth-order valence-electron chi connectivity index (χ4n) is 1.68. The molecule has 0 bridgehead atoms. The lowest BCUT2D eigenvalue weighted by atomic mass is 10.00. The van der Waals surface area contributed by atoms with E-state index in [1.54, 1.807) is 0 Å². The highest BCUT2D eigenvalue weighted by molar-refractivity contribution is 6.40. The molecule has 0 aromatic heterocycles. The van der Waals surface area contributed by atoms with Crippen LogP contribution in [0.4, 0.5) is 8.78 Å². The van der Waals surface area contributed by atoms with Gasteiger partial charge in [0.05, 0.1) is 13.1 Å². The Balaban J connectivity index is 5.23. The molecular formula is C13H18F2N2O6. The number of Topliss-reactive ketones (excluding diaryl/α,β-unsaturated/α-hetero) is 2. The lowest BCUT2D eigenvalue weighted by Crippen LogP contribution is -2.55. The molecule has 0 aliphatic rings. The van der Waals surface area contributed by atoms with Gasteiger partial charge in [-0.25, -0.2) is 4.39 Å². The van der Waals surface area contributed by atoms with Crippen LogP contribution in [0.2, 0.25) is 0 Å². The van der Waals surface area contributed by atoms with Crippen molar-refractivity contribution in [3.8, 4) is 0 Å². The van der Waals surface area contributed by atoms with Crippen molar-refractivity contribution in [2.45, 2.75) is 32.4 Å². The van der Waals surface area contributed by atoms with Gasteiger partial charge in [0.1, 0.15) is 12.1 Å². The number of carbonyl (C=O) groups excluding carboxylic acids is 4. The van der Waals surface area contributed by atoms with Crippen LogP contribution in [0, 0.1) is 5.92 Å². The van der Waals surface area contributed by atoms with Gasteiger partial charge in [0, 0.05) is 12.8 Å². The van der Waals surface area contributed by atoms with Gasteiger partial charge in [0.15, 0.2) is 6.67 Å². The average Bonchev–Trinajstić information content (AvgIpc) is 2.48. The van der Waals surface area contributed by atoms with Gasteiger partial charge in [-0.15, -0.1) is 0 Å². The molecule has 3 atom stereocenters. The third-order valence-electron chi connectivity index (χ3n) is 2.86. The molecule has 130 valence electrons. The number of amides is 2. The minimum atomic E-state index is -1.80. The molecule has 0 saturated heterocycles. The zero-order valence-electron chi connectivity index (χ0n) is 12.6. The molecule has 0 aliphatic heterocycles. The molecule has 0 fully saturated rings. The predicted octanol–water partition coefficient (Wildman–Crippen LogP) is -0.836. The molecular weight excluding hydrogens is 318 g/mol. The number of halogens is 2. The Morgan fingerprint density at radius 1 is 1.09 bits per heavy atom. The summed E-state index contributed by atoms with van der Waals surface area (Å²) in [6, 6.07) is -3.17. The van der Waals surface area contributed by atoms with Gasteiger partial charge in [-0.2, -0.15) is 0 Å². The number of carboxylic acid groups (broad SMARTS) is 1. The number of hydrogen-bond donors (Lipinski definition) is 3. The van der Waals surface area contributed by atoms with Crippen LogP contribution in [0.1, 0.15) is 20.3 Å². The third kappa shape index (κ3) is 6.94. The van der Waals surface area contributed by atoms with Crippen LogP contribution in [0.15, 0.2) is 0 Å². The van der Waals surface area contributed by atoms with E-state index < -0.39 is 67.1 Å². The van der Waals surface area contributed by atoms with Crippen LogP contribution >= 0.6 is 0 Å². The summed E-state index contributed by atoms with van der Waals surface area (Å²) in [6.45, 7) is -0.223. The number of nitrogens with one attached hydrogen (secondary N) is 2. The third-order valence-corrected chi connectivity index (χ3v) is 2.86. The van der Waals surface area contributed by atoms with E-state index in [4.69, 9.17) is 5.11 Å². The minimum absolute atomic E-state index is 0.647. The van der Waals surface area contributed by atoms with E-state index in [9.17, 15) is 32.8 Å². The van der Waals surface area contributed by atoms with Gasteiger partial charge in [0.25, 0.3) is 0 Å². The highest BCUT2D eigenvalue weighted by Gasteiger charge is 2.33. The van der Waals surface area contributed by atoms with Crippen LogP contribution in [0.25, 0.3) is 0 Å². The average molecular weight is 336 g/mol. The van der Waals surface area contributed by atoms with E-state index >= 15 is 0 Å². The van der Waals surface area contributed by atoms with Gasteiger partial charge >= 0.3 is 5.97 Å². The van der Waals surface area contributed by atoms with Crippen molar-refractivity contribution in [2.75, 3.05) is 13.3 Å². The van der Waals surface area contributed by atoms with Crippen LogP contribution in [0.3, 0.4) is 0 Å². The van der Waals surface area contributed by atoms with Crippen LogP contribution in [-0.2, 0) is 24.0 Å². The largest absolute Gasteiger partial charge is 0.481 e. The Labute approximate surface area is 130 Å². The first-order valence-corrected chi connectivity index (χ1v) is 6.62. The van der Waals surface area contributed by atoms with Gasteiger partial charge in [0.2, 0.25) is 23.4 Å². The van der Waals surface area contributed by atoms with E-state index in [-0.39, 0.29) is 0 Å². The molecule has 0 aromatic carbocycles. The molecule has 0 heterocycles. The Morgan fingerprint density at radius 2 is 1.65 bits per heavy atom. The van der Waals surface area contributed by atoms with Crippen molar-refractivity contribution in [1.29, 1.82) is 0 Å². The second-order valence-corrected chi connectivity index (χ2v) is 4.89. The number of aliphatic carboxylic acids is 1. The first kappa shape index (κ1) is 20.6. The lowest BCUT2D eigenvalue weighted by molar-refractivity contribution is -0.143. The quantitative estimate of drug-likeness (QED) is 0.446. The van der Waals surface area contributed by atoms with E-state index in [1.807, 2.05) is 5.32 Å². The summed E-state index contributed by atoms with van der Waals surface area (Å²) in [4.78, 5) is 56.5. The SMILES string of the molecule is CC(=O)NC(C(=O)NC(CC(=O)O)C(=O)C(=O)CF)C(C)CF. The van der Waals surface area contributed by atoms with E-state index in [0.717, 1.165) is 6.92 Å². The standard InChI is InChI=1S/C13H18F2N2O6/c1-6(4-14)11(16-7(2)18)13(23)17-8(3-10(20)21)12(22)9(19)5-15/h6,8,11H,3-5H2,1-2H3,(H,16,18)(H,17,23)(H,20,21). The molecule has 0 aromatic rings. The summed E-state index contributed by atoms with van der Waals surface area (Å²) in [5, 5.41) is 12.8. The normalized spacial score (nSPS) is 14.3. The maximum absolute atomic E-state index is 12.7. The highest BCUT2D eigenvalue weighted by Crippen LogP contribution is 2.06. The number of hydrogen-bond acceptors (Lipinski definition) is 5. The Kier molecular flexibility index (Phi) is 8.59. The lowest BCUT2D eigenvalue weighted by Gasteiger charge is -2.24. The molecule has 3 N–H and O–H groups in total. The smallest absolute Gasteiger partial charge is 0.305 e. The van der Waals surface area contributed by atoms with Crippen molar-refractivity contribution in [3.05, 3.63) is 0 Å². The Bertz CT molecular complexity index is 497. The van der Waals surface area contributed by atoms with Crippen molar-refractivity contribution in [2.24, 2.45) is 5.92 Å². The zero-order chi connectivity index (χ0) is 18.2. The highest BCUT2D eigenvalue weighted by atomic mass is 19.1. The number of carbonyl (C=O) groups is 5. The molecule has 23 heavy (non-hydrogen) atoms. The molecule has 0 aliphatic carbocycles. The molecule has 0 radical (unpaired) electrons. The number of rotatable bonds is 10. The van der Waals surface area contributed by atoms with Gasteiger partial charge in [-0.1, -0.05) is 6.92 Å². The van der Waals surface area contributed by atoms with Crippen LogP contribution in [0.5, 0.6) is 0 Å². The molecule has 8 nitrogen and oxygen atoms in total. The first-order valence-electron chi connectivity index (χ1n) is 6.62. The van der Waals surface area contributed by atoms with Gasteiger partial charge in [-0.3, -0.25) is 28.4 Å². The Hall–Kier alpha value is -2.39. The molecule has 0 spiro atoms. The first-order chi connectivity index (χ1) is 10.6. The van der Waals surface area contributed by atoms with Crippen molar-refractivity contribution in [3.63, 3.8) is 0 Å². The summed E-state index contributed by atoms with van der Waals surface area (Å²) in [5.74, 6) is -7.08. The molecule has 0 rings (SSSR count). The maximum Gasteiger partial charge on any atom is 0.305 e. The second-order valence-electron chi connectivity index (χ2n) is 4.89. The van der Waals surface area contributed by atoms with E-state index in [0.29, 0.717) is 0 Å². The monoisotopic (exact) mass is 336 g/mol. The summed E-state index contributed by atoms with van der Waals surface area (Å²) in [5.41, 5.74) is 0. The summed E-state index contributed by atoms with van der Waals surface area (Å²) >= 11 is 0. The number of alkyl halides is 2. The molecule has 10 heteroatoms. The number of ketones is 2.